The number of rotatable bonds is 7. The zero-order valence-corrected chi connectivity index (χ0v) is 14.0. The molecule has 23 heavy (non-hydrogen) atoms. The third-order valence-corrected chi connectivity index (χ3v) is 5.03. The summed E-state index contributed by atoms with van der Waals surface area (Å²) in [6.07, 6.45) is -1.42. The lowest BCUT2D eigenvalue weighted by atomic mass is 10.2. The van der Waals surface area contributed by atoms with Crippen molar-refractivity contribution in [2.24, 2.45) is 0 Å². The molecule has 1 N–H and O–H groups in total. The van der Waals surface area contributed by atoms with Crippen LogP contribution in [-0.2, 0) is 25.2 Å². The monoisotopic (exact) mass is 350 g/mol. The highest BCUT2D eigenvalue weighted by Gasteiger charge is 2.51. The predicted molar refractivity (Wildman–Crippen MR) is 80.1 cm³/mol. The van der Waals surface area contributed by atoms with E-state index >= 15 is 0 Å². The number of ether oxygens (including phenoxy) is 2. The summed E-state index contributed by atoms with van der Waals surface area (Å²) in [4.78, 5) is 9.59. The van der Waals surface area contributed by atoms with Gasteiger partial charge in [0, 0.05) is 6.42 Å². The molecule has 0 aliphatic carbocycles. The minimum atomic E-state index is -5.08. The van der Waals surface area contributed by atoms with E-state index in [1.165, 1.54) is 0 Å². The van der Waals surface area contributed by atoms with Crippen molar-refractivity contribution in [2.45, 2.75) is 50.9 Å². The van der Waals surface area contributed by atoms with Crippen molar-refractivity contribution in [3.63, 3.8) is 0 Å². The van der Waals surface area contributed by atoms with Crippen LogP contribution in [0.3, 0.4) is 0 Å². The van der Waals surface area contributed by atoms with Crippen LogP contribution in [0.2, 0.25) is 0 Å². The highest BCUT2D eigenvalue weighted by Crippen LogP contribution is 2.60. The van der Waals surface area contributed by atoms with Crippen molar-refractivity contribution in [3.8, 4) is 0 Å². The molecule has 2 rings (SSSR count). The summed E-state index contributed by atoms with van der Waals surface area (Å²) in [5.41, 5.74) is -3.29. The summed E-state index contributed by atoms with van der Waals surface area (Å²) < 4.78 is 55.2. The molecule has 1 aromatic carbocycles. The lowest BCUT2D eigenvalue weighted by Gasteiger charge is -2.23. The topological polar surface area (TPSA) is 65.0 Å². The first-order valence-electron chi connectivity index (χ1n) is 7.32. The molecule has 1 fully saturated rings. The molecule has 1 heterocycles. The van der Waals surface area contributed by atoms with Crippen molar-refractivity contribution >= 4 is 7.60 Å². The van der Waals surface area contributed by atoms with Crippen LogP contribution in [0.1, 0.15) is 32.3 Å². The SMILES string of the molecule is CC1(C)OC[C@H](CCC(F)(F)P(=O)(O)OCc2ccccc2)O1. The maximum atomic E-state index is 14.0. The Morgan fingerprint density at radius 3 is 2.61 bits per heavy atom. The summed E-state index contributed by atoms with van der Waals surface area (Å²) in [5.74, 6) is -0.813. The second-order valence-corrected chi connectivity index (χ2v) is 7.89. The summed E-state index contributed by atoms with van der Waals surface area (Å²) in [6.45, 7) is 3.21. The average Bonchev–Trinajstić information content (AvgIpc) is 2.83. The molecule has 0 aromatic heterocycles. The van der Waals surface area contributed by atoms with Gasteiger partial charge in [-0.25, -0.2) is 0 Å². The largest absolute Gasteiger partial charge is 0.397 e. The van der Waals surface area contributed by atoms with Gasteiger partial charge in [0.1, 0.15) is 0 Å². The standard InChI is InChI=1S/C15H21F2O5P/c1-14(2)20-11-13(22-14)8-9-15(16,17)23(18,19)21-10-12-6-4-3-5-7-12/h3-7,13H,8-11H2,1-2H3,(H,18,19)/t13-/m0/s1. The van der Waals surface area contributed by atoms with Crippen molar-refractivity contribution in [2.75, 3.05) is 6.61 Å². The van der Waals surface area contributed by atoms with Crippen LogP contribution in [0.5, 0.6) is 0 Å². The summed E-state index contributed by atoms with van der Waals surface area (Å²) in [6, 6.07) is 8.40. The van der Waals surface area contributed by atoms with E-state index < -0.39 is 31.6 Å². The first-order valence-corrected chi connectivity index (χ1v) is 8.90. The van der Waals surface area contributed by atoms with E-state index in [1.807, 2.05) is 0 Å². The smallest absolute Gasteiger partial charge is 0.348 e. The Labute approximate surface area is 134 Å². The molecule has 0 radical (unpaired) electrons. The Morgan fingerprint density at radius 2 is 2.04 bits per heavy atom. The highest BCUT2D eigenvalue weighted by molar-refractivity contribution is 7.54. The van der Waals surface area contributed by atoms with Crippen LogP contribution in [0.4, 0.5) is 8.78 Å². The van der Waals surface area contributed by atoms with Crippen LogP contribution in [-0.4, -0.2) is 29.1 Å². The molecule has 1 aliphatic rings. The van der Waals surface area contributed by atoms with Gasteiger partial charge in [0.05, 0.1) is 19.3 Å². The quantitative estimate of drug-likeness (QED) is 0.755. The van der Waals surface area contributed by atoms with E-state index in [0.29, 0.717) is 5.56 Å². The Hall–Kier alpha value is -0.850. The van der Waals surface area contributed by atoms with Gasteiger partial charge in [-0.05, 0) is 25.8 Å². The summed E-state index contributed by atoms with van der Waals surface area (Å²) in [7, 11) is -5.08. The molecule has 2 atom stereocenters. The lowest BCUT2D eigenvalue weighted by Crippen LogP contribution is -2.24. The minimum absolute atomic E-state index is 0.0876. The van der Waals surface area contributed by atoms with Gasteiger partial charge in [0.2, 0.25) is 0 Å². The van der Waals surface area contributed by atoms with Gasteiger partial charge in [0.15, 0.2) is 5.79 Å². The number of alkyl halides is 2. The maximum absolute atomic E-state index is 14.0. The van der Waals surface area contributed by atoms with E-state index in [4.69, 9.17) is 9.47 Å². The molecule has 1 aromatic rings. The van der Waals surface area contributed by atoms with E-state index in [9.17, 15) is 18.2 Å². The zero-order chi connectivity index (χ0) is 17.1. The lowest BCUT2D eigenvalue weighted by molar-refractivity contribution is -0.140. The third-order valence-electron chi connectivity index (χ3n) is 3.50. The van der Waals surface area contributed by atoms with E-state index in [1.54, 1.807) is 44.2 Å². The fraction of sp³-hybridized carbons (Fsp3) is 0.600. The molecule has 0 spiro atoms. The molecule has 130 valence electrons. The molecule has 1 aliphatic heterocycles. The summed E-state index contributed by atoms with van der Waals surface area (Å²) >= 11 is 0. The Kier molecular flexibility index (Phi) is 5.59. The van der Waals surface area contributed by atoms with Gasteiger partial charge in [-0.15, -0.1) is 0 Å². The number of hydrogen-bond donors (Lipinski definition) is 1. The van der Waals surface area contributed by atoms with E-state index in [-0.39, 0.29) is 19.6 Å². The molecule has 0 amide bonds. The Bertz CT molecular complexity index is 564. The first-order chi connectivity index (χ1) is 10.6. The second kappa shape index (κ2) is 6.95. The Balaban J connectivity index is 1.88. The van der Waals surface area contributed by atoms with Crippen LogP contribution < -0.4 is 0 Å². The average molecular weight is 350 g/mol. The first kappa shape index (κ1) is 18.5. The highest BCUT2D eigenvalue weighted by atomic mass is 31.2. The fourth-order valence-electron chi connectivity index (χ4n) is 2.21. The van der Waals surface area contributed by atoms with Crippen molar-refractivity contribution in [1.29, 1.82) is 0 Å². The molecular weight excluding hydrogens is 329 g/mol. The van der Waals surface area contributed by atoms with Gasteiger partial charge < -0.3 is 14.4 Å². The predicted octanol–water partition coefficient (Wildman–Crippen LogP) is 3.91. The van der Waals surface area contributed by atoms with Crippen molar-refractivity contribution in [3.05, 3.63) is 35.9 Å². The van der Waals surface area contributed by atoms with Gasteiger partial charge in [-0.2, -0.15) is 8.78 Å². The van der Waals surface area contributed by atoms with Gasteiger partial charge >= 0.3 is 13.3 Å². The summed E-state index contributed by atoms with van der Waals surface area (Å²) in [5, 5.41) is 0. The van der Waals surface area contributed by atoms with Crippen LogP contribution >= 0.6 is 7.60 Å². The molecule has 0 saturated carbocycles. The van der Waals surface area contributed by atoms with Crippen LogP contribution in [0, 0.1) is 0 Å². The molecule has 5 nitrogen and oxygen atoms in total. The van der Waals surface area contributed by atoms with E-state index in [0.717, 1.165) is 0 Å². The number of benzene rings is 1. The van der Waals surface area contributed by atoms with Crippen molar-refractivity contribution < 1.29 is 32.2 Å². The maximum Gasteiger partial charge on any atom is 0.397 e. The minimum Gasteiger partial charge on any atom is -0.348 e. The molecule has 0 bridgehead atoms. The molecule has 1 unspecified atom stereocenters. The Morgan fingerprint density at radius 1 is 1.39 bits per heavy atom. The normalized spacial score (nSPS) is 23.6. The molecular formula is C15H21F2O5P. The fourth-order valence-corrected chi connectivity index (χ4v) is 3.14. The van der Waals surface area contributed by atoms with Gasteiger partial charge in [-0.1, -0.05) is 30.3 Å². The van der Waals surface area contributed by atoms with Gasteiger partial charge in [0.25, 0.3) is 0 Å². The molecule has 8 heteroatoms. The number of halogens is 2. The van der Waals surface area contributed by atoms with Crippen molar-refractivity contribution in [1.82, 2.24) is 0 Å². The van der Waals surface area contributed by atoms with Gasteiger partial charge in [-0.3, -0.25) is 9.09 Å². The van der Waals surface area contributed by atoms with Crippen LogP contribution in [0.25, 0.3) is 0 Å². The third kappa shape index (κ3) is 5.06. The molecule has 1 saturated heterocycles. The van der Waals surface area contributed by atoms with Crippen LogP contribution in [0.15, 0.2) is 30.3 Å². The zero-order valence-electron chi connectivity index (χ0n) is 13.1. The number of hydrogen-bond acceptors (Lipinski definition) is 4. The van der Waals surface area contributed by atoms with E-state index in [2.05, 4.69) is 4.52 Å². The second-order valence-electron chi connectivity index (χ2n) is 5.93.